The zero-order valence-electron chi connectivity index (χ0n) is 9.16. The largest absolute Gasteiger partial charge is 0.307 e. The molecule has 0 saturated carbocycles. The second kappa shape index (κ2) is 4.03. The van der Waals surface area contributed by atoms with Gasteiger partial charge in [-0.25, -0.2) is 0 Å². The number of hydrogen-bond donors (Lipinski definition) is 1. The highest BCUT2D eigenvalue weighted by molar-refractivity contribution is 5.96. The van der Waals surface area contributed by atoms with E-state index >= 15 is 0 Å². The Labute approximate surface area is 90.1 Å². The summed E-state index contributed by atoms with van der Waals surface area (Å²) in [5.74, 6) is 0.156. The van der Waals surface area contributed by atoms with E-state index in [2.05, 4.69) is 12.2 Å². The number of para-hydroxylation sites is 1. The van der Waals surface area contributed by atoms with Crippen LogP contribution >= 0.6 is 0 Å². The molecule has 0 radical (unpaired) electrons. The van der Waals surface area contributed by atoms with E-state index in [-0.39, 0.29) is 11.9 Å². The lowest BCUT2D eigenvalue weighted by Crippen LogP contribution is -2.54. The highest BCUT2D eigenvalue weighted by Crippen LogP contribution is 2.22. The van der Waals surface area contributed by atoms with Crippen molar-refractivity contribution in [3.8, 4) is 0 Å². The van der Waals surface area contributed by atoms with E-state index in [1.807, 2.05) is 36.1 Å². The molecule has 80 valence electrons. The minimum Gasteiger partial charge on any atom is -0.307 e. The molecule has 1 N–H and O–H groups in total. The van der Waals surface area contributed by atoms with Gasteiger partial charge in [0.15, 0.2) is 0 Å². The first-order valence-corrected chi connectivity index (χ1v) is 5.28. The van der Waals surface area contributed by atoms with Gasteiger partial charge in [-0.1, -0.05) is 18.2 Å². The molecule has 1 atom stereocenters. The summed E-state index contributed by atoms with van der Waals surface area (Å²) >= 11 is 0. The average Bonchev–Trinajstić information content (AvgIpc) is 2.20. The van der Waals surface area contributed by atoms with Crippen LogP contribution in [0.2, 0.25) is 0 Å². The third kappa shape index (κ3) is 1.88. The summed E-state index contributed by atoms with van der Waals surface area (Å²) < 4.78 is 0. The Morgan fingerprint density at radius 2 is 2.13 bits per heavy atom. The summed E-state index contributed by atoms with van der Waals surface area (Å²) in [6.45, 7) is 5.41. The number of carbonyl (C=O) groups excluding carboxylic acids is 1. The molecular formula is C12H16N2O. The van der Waals surface area contributed by atoms with Crippen molar-refractivity contribution in [1.82, 2.24) is 5.32 Å². The molecule has 1 fully saturated rings. The third-order valence-electron chi connectivity index (χ3n) is 2.80. The van der Waals surface area contributed by atoms with Crippen LogP contribution in [0.4, 0.5) is 5.69 Å². The first-order valence-electron chi connectivity index (χ1n) is 5.28. The number of nitrogens with zero attached hydrogens (tertiary/aromatic N) is 1. The van der Waals surface area contributed by atoms with Gasteiger partial charge in [-0.3, -0.25) is 4.79 Å². The summed E-state index contributed by atoms with van der Waals surface area (Å²) in [5.41, 5.74) is 2.19. The predicted molar refractivity (Wildman–Crippen MR) is 61.0 cm³/mol. The molecule has 3 heteroatoms. The van der Waals surface area contributed by atoms with Gasteiger partial charge in [0.1, 0.15) is 0 Å². The number of anilines is 1. The zero-order valence-corrected chi connectivity index (χ0v) is 9.16. The molecule has 1 saturated heterocycles. The zero-order chi connectivity index (χ0) is 10.8. The number of rotatable bonds is 1. The molecule has 0 aliphatic carbocycles. The lowest BCUT2D eigenvalue weighted by molar-refractivity contribution is -0.119. The fraction of sp³-hybridized carbons (Fsp3) is 0.417. The Hall–Kier alpha value is -1.35. The van der Waals surface area contributed by atoms with Crippen LogP contribution in [0.25, 0.3) is 0 Å². The van der Waals surface area contributed by atoms with Crippen LogP contribution in [0.15, 0.2) is 24.3 Å². The Balaban J connectivity index is 2.36. The van der Waals surface area contributed by atoms with Gasteiger partial charge < -0.3 is 10.2 Å². The van der Waals surface area contributed by atoms with E-state index in [1.54, 1.807) is 0 Å². The first-order chi connectivity index (χ1) is 7.20. The van der Waals surface area contributed by atoms with Gasteiger partial charge in [-0.15, -0.1) is 0 Å². The molecule has 1 aliphatic rings. The van der Waals surface area contributed by atoms with Crippen molar-refractivity contribution >= 4 is 11.6 Å². The second-order valence-electron chi connectivity index (χ2n) is 4.03. The first kappa shape index (κ1) is 10.2. The van der Waals surface area contributed by atoms with Crippen molar-refractivity contribution in [2.45, 2.75) is 19.9 Å². The van der Waals surface area contributed by atoms with Gasteiger partial charge >= 0.3 is 0 Å². The molecule has 1 heterocycles. The Kier molecular flexibility index (Phi) is 2.73. The van der Waals surface area contributed by atoms with E-state index in [1.165, 1.54) is 0 Å². The van der Waals surface area contributed by atoms with E-state index in [0.29, 0.717) is 6.54 Å². The van der Waals surface area contributed by atoms with Crippen molar-refractivity contribution < 1.29 is 4.79 Å². The van der Waals surface area contributed by atoms with Crippen LogP contribution in [0.1, 0.15) is 12.5 Å². The van der Waals surface area contributed by atoms with Crippen LogP contribution in [-0.4, -0.2) is 25.0 Å². The highest BCUT2D eigenvalue weighted by atomic mass is 16.2. The van der Waals surface area contributed by atoms with Crippen LogP contribution in [0, 0.1) is 6.92 Å². The van der Waals surface area contributed by atoms with Crippen LogP contribution in [0.3, 0.4) is 0 Å². The number of aryl methyl sites for hydroxylation is 1. The molecule has 2 rings (SSSR count). The molecule has 1 aromatic carbocycles. The summed E-state index contributed by atoms with van der Waals surface area (Å²) in [6.07, 6.45) is 0. The Morgan fingerprint density at radius 3 is 2.80 bits per heavy atom. The maximum Gasteiger partial charge on any atom is 0.241 e. The maximum atomic E-state index is 11.8. The number of benzene rings is 1. The van der Waals surface area contributed by atoms with Crippen molar-refractivity contribution in [3.05, 3.63) is 29.8 Å². The minimum atomic E-state index is 0.156. The Bertz CT molecular complexity index is 376. The van der Waals surface area contributed by atoms with Crippen LogP contribution in [0.5, 0.6) is 0 Å². The van der Waals surface area contributed by atoms with Crippen LogP contribution < -0.4 is 10.2 Å². The molecule has 0 bridgehead atoms. The average molecular weight is 204 g/mol. The topological polar surface area (TPSA) is 32.3 Å². The maximum absolute atomic E-state index is 11.8. The molecule has 15 heavy (non-hydrogen) atoms. The standard InChI is InChI=1S/C12H16N2O/c1-9-5-3-4-6-11(9)14-10(2)7-13-8-12(14)15/h3-6,10,13H,7-8H2,1-2H3/t10-/m0/s1. The lowest BCUT2D eigenvalue weighted by Gasteiger charge is -2.34. The number of piperazine rings is 1. The molecular weight excluding hydrogens is 188 g/mol. The van der Waals surface area contributed by atoms with Gasteiger partial charge in [0.2, 0.25) is 5.91 Å². The minimum absolute atomic E-state index is 0.156. The van der Waals surface area contributed by atoms with Crippen LogP contribution in [-0.2, 0) is 4.79 Å². The second-order valence-corrected chi connectivity index (χ2v) is 4.03. The van der Waals surface area contributed by atoms with E-state index < -0.39 is 0 Å². The number of amides is 1. The van der Waals surface area contributed by atoms with Crippen molar-refractivity contribution in [1.29, 1.82) is 0 Å². The Morgan fingerprint density at radius 1 is 1.40 bits per heavy atom. The van der Waals surface area contributed by atoms with E-state index in [9.17, 15) is 4.79 Å². The molecule has 1 aliphatic heterocycles. The normalized spacial score (nSPS) is 21.9. The van der Waals surface area contributed by atoms with Gasteiger partial charge in [-0.2, -0.15) is 0 Å². The van der Waals surface area contributed by atoms with Gasteiger partial charge in [0, 0.05) is 18.3 Å². The molecule has 1 amide bonds. The number of nitrogens with one attached hydrogen (secondary N) is 1. The molecule has 0 spiro atoms. The molecule has 3 nitrogen and oxygen atoms in total. The molecule has 1 aromatic rings. The fourth-order valence-electron chi connectivity index (χ4n) is 2.02. The SMILES string of the molecule is Cc1ccccc1N1C(=O)CNC[C@@H]1C. The van der Waals surface area contributed by atoms with E-state index in [0.717, 1.165) is 17.8 Å². The van der Waals surface area contributed by atoms with Crippen molar-refractivity contribution in [2.24, 2.45) is 0 Å². The predicted octanol–water partition coefficient (Wildman–Crippen LogP) is 1.32. The number of carbonyl (C=O) groups is 1. The molecule has 0 aromatic heterocycles. The third-order valence-corrected chi connectivity index (χ3v) is 2.80. The summed E-state index contributed by atoms with van der Waals surface area (Å²) in [4.78, 5) is 13.7. The monoisotopic (exact) mass is 204 g/mol. The quantitative estimate of drug-likeness (QED) is 0.748. The summed E-state index contributed by atoms with van der Waals surface area (Å²) in [6, 6.07) is 8.25. The molecule has 0 unspecified atom stereocenters. The van der Waals surface area contributed by atoms with Crippen molar-refractivity contribution in [3.63, 3.8) is 0 Å². The summed E-state index contributed by atoms with van der Waals surface area (Å²) in [5, 5.41) is 3.11. The van der Waals surface area contributed by atoms with Crippen molar-refractivity contribution in [2.75, 3.05) is 18.0 Å². The summed E-state index contributed by atoms with van der Waals surface area (Å²) in [7, 11) is 0. The highest BCUT2D eigenvalue weighted by Gasteiger charge is 2.26. The lowest BCUT2D eigenvalue weighted by atomic mass is 10.1. The van der Waals surface area contributed by atoms with Gasteiger partial charge in [0.25, 0.3) is 0 Å². The number of hydrogen-bond acceptors (Lipinski definition) is 2. The van der Waals surface area contributed by atoms with E-state index in [4.69, 9.17) is 0 Å². The smallest absolute Gasteiger partial charge is 0.241 e. The van der Waals surface area contributed by atoms with Gasteiger partial charge in [0.05, 0.1) is 6.54 Å². The fourth-order valence-corrected chi connectivity index (χ4v) is 2.02. The van der Waals surface area contributed by atoms with Gasteiger partial charge in [-0.05, 0) is 25.5 Å².